The fourth-order valence-electron chi connectivity index (χ4n) is 4.16. The van der Waals surface area contributed by atoms with Crippen molar-refractivity contribution in [1.29, 1.82) is 0 Å². The molecule has 3 aromatic rings. The molecule has 1 aromatic heterocycles. The number of aliphatic hydroxyl groups is 1. The van der Waals surface area contributed by atoms with Gasteiger partial charge in [-0.1, -0.05) is 29.8 Å². The highest BCUT2D eigenvalue weighted by Crippen LogP contribution is 2.31. The van der Waals surface area contributed by atoms with Gasteiger partial charge >= 0.3 is 12.1 Å². The molecule has 8 nitrogen and oxygen atoms in total. The van der Waals surface area contributed by atoms with Gasteiger partial charge in [0.2, 0.25) is 0 Å². The summed E-state index contributed by atoms with van der Waals surface area (Å²) in [5.41, 5.74) is 0.0125. The minimum Gasteiger partial charge on any atom is -0.442 e. The topological polar surface area (TPSA) is 95.0 Å². The van der Waals surface area contributed by atoms with Gasteiger partial charge in [-0.05, 0) is 49.1 Å². The maximum atomic E-state index is 12.9. The monoisotopic (exact) mass is 537 g/mol. The molecule has 0 radical (unpaired) electrons. The Kier molecular flexibility index (Phi) is 7.74. The lowest BCUT2D eigenvalue weighted by Crippen LogP contribution is -2.40. The number of rotatable bonds is 6. The van der Waals surface area contributed by atoms with E-state index in [0.29, 0.717) is 17.9 Å². The van der Waals surface area contributed by atoms with Crippen molar-refractivity contribution in [3.05, 3.63) is 85.5 Å². The molecule has 1 unspecified atom stereocenters. The fourth-order valence-corrected chi connectivity index (χ4v) is 4.29. The van der Waals surface area contributed by atoms with E-state index >= 15 is 0 Å². The average molecular weight is 538 g/mol. The number of aliphatic hydroxyl groups excluding tert-OH is 1. The van der Waals surface area contributed by atoms with Crippen LogP contribution in [0, 0.1) is 5.92 Å². The lowest BCUT2D eigenvalue weighted by molar-refractivity contribution is -0.274. The number of alkyl halides is 3. The number of nitrogens with zero attached hydrogens (tertiary/aromatic N) is 3. The summed E-state index contributed by atoms with van der Waals surface area (Å²) in [5.74, 6) is -0.677. The third-order valence-electron chi connectivity index (χ3n) is 5.89. The second-order valence-electron chi connectivity index (χ2n) is 8.47. The highest BCUT2D eigenvalue weighted by atomic mass is 35.5. The van der Waals surface area contributed by atoms with E-state index < -0.39 is 29.3 Å². The first-order valence-electron chi connectivity index (χ1n) is 11.4. The van der Waals surface area contributed by atoms with Gasteiger partial charge in [-0.25, -0.2) is 4.79 Å². The molecule has 2 aromatic carbocycles. The number of ether oxygens (including phenoxy) is 2. The summed E-state index contributed by atoms with van der Waals surface area (Å²) in [7, 11) is 1.35. The highest BCUT2D eigenvalue weighted by Gasteiger charge is 2.32. The van der Waals surface area contributed by atoms with Crippen molar-refractivity contribution in [2.75, 3.05) is 6.61 Å². The molecule has 2 heterocycles. The summed E-state index contributed by atoms with van der Waals surface area (Å²) >= 11 is 6.00. The zero-order valence-corrected chi connectivity index (χ0v) is 20.4. The van der Waals surface area contributed by atoms with Crippen LogP contribution in [0.5, 0.6) is 11.5 Å². The van der Waals surface area contributed by atoms with E-state index in [1.54, 1.807) is 12.1 Å². The van der Waals surface area contributed by atoms with Gasteiger partial charge < -0.3 is 14.6 Å². The number of aromatic nitrogens is 2. The van der Waals surface area contributed by atoms with Gasteiger partial charge in [-0.2, -0.15) is 4.99 Å². The SMILES string of the molecule is Cn1c(=O)c2c(n(CCO)c1=O)N=C(Oc1cccc(OC(F)(F)F)c1)C(Cc1ccc(Cl)cc1)CC2. The predicted octanol–water partition coefficient (Wildman–Crippen LogP) is 4.01. The summed E-state index contributed by atoms with van der Waals surface area (Å²) in [6, 6.07) is 12.1. The van der Waals surface area contributed by atoms with Crippen LogP contribution < -0.4 is 20.7 Å². The molecule has 0 amide bonds. The van der Waals surface area contributed by atoms with Crippen LogP contribution in [-0.2, 0) is 26.4 Å². The minimum absolute atomic E-state index is 0.0324. The first kappa shape index (κ1) is 26.5. The lowest BCUT2D eigenvalue weighted by Gasteiger charge is -2.19. The number of benzene rings is 2. The Morgan fingerprint density at radius 1 is 1.14 bits per heavy atom. The van der Waals surface area contributed by atoms with Crippen LogP contribution in [-0.4, -0.2) is 33.1 Å². The quantitative estimate of drug-likeness (QED) is 0.513. The smallest absolute Gasteiger partial charge is 0.442 e. The Morgan fingerprint density at radius 3 is 2.51 bits per heavy atom. The summed E-state index contributed by atoms with van der Waals surface area (Å²) in [4.78, 5) is 30.3. The van der Waals surface area contributed by atoms with Crippen LogP contribution >= 0.6 is 11.6 Å². The Balaban J connectivity index is 1.81. The molecule has 12 heteroatoms. The number of hydrogen-bond acceptors (Lipinski definition) is 6. The van der Waals surface area contributed by atoms with Gasteiger partial charge in [0, 0.05) is 24.1 Å². The molecule has 1 aliphatic rings. The van der Waals surface area contributed by atoms with Crippen LogP contribution in [0.3, 0.4) is 0 Å². The summed E-state index contributed by atoms with van der Waals surface area (Å²) < 4.78 is 50.3. The second kappa shape index (κ2) is 10.8. The van der Waals surface area contributed by atoms with Crippen molar-refractivity contribution in [2.45, 2.75) is 32.2 Å². The molecule has 0 saturated carbocycles. The van der Waals surface area contributed by atoms with E-state index in [-0.39, 0.29) is 42.6 Å². The molecule has 37 heavy (non-hydrogen) atoms. The molecule has 0 saturated heterocycles. The molecular weight excluding hydrogens is 515 g/mol. The van der Waals surface area contributed by atoms with E-state index in [4.69, 9.17) is 16.3 Å². The Hall–Kier alpha value is -3.57. The maximum absolute atomic E-state index is 12.9. The zero-order chi connectivity index (χ0) is 26.7. The Bertz CT molecular complexity index is 1430. The van der Waals surface area contributed by atoms with Gasteiger partial charge in [0.1, 0.15) is 17.3 Å². The standard InChI is InChI=1S/C25H23ClF3N3O5/c1-31-23(34)20-10-7-16(13-15-5-8-17(26)9-6-15)22(30-21(20)32(11-12-33)24(31)35)36-18-3-2-4-19(14-18)37-25(27,28)29/h2-6,8-9,14,16,33H,7,10-13H2,1H3. The number of halogens is 4. The van der Waals surface area contributed by atoms with E-state index in [1.807, 2.05) is 12.1 Å². The Labute approximate surface area is 214 Å². The fraction of sp³-hybridized carbons (Fsp3) is 0.320. The normalized spacial score (nSPS) is 15.5. The number of aliphatic imine (C=N–C) groups is 1. The van der Waals surface area contributed by atoms with Crippen LogP contribution in [0.1, 0.15) is 17.5 Å². The molecule has 0 spiro atoms. The first-order valence-corrected chi connectivity index (χ1v) is 11.7. The van der Waals surface area contributed by atoms with Gasteiger partial charge in [0.15, 0.2) is 5.90 Å². The molecule has 1 atom stereocenters. The van der Waals surface area contributed by atoms with Crippen molar-refractivity contribution in [2.24, 2.45) is 18.0 Å². The Morgan fingerprint density at radius 2 is 1.84 bits per heavy atom. The molecular formula is C25H23ClF3N3O5. The van der Waals surface area contributed by atoms with Crippen molar-refractivity contribution >= 4 is 23.3 Å². The molecule has 4 rings (SSSR count). The van der Waals surface area contributed by atoms with Crippen LogP contribution in [0.2, 0.25) is 5.02 Å². The molecule has 0 fully saturated rings. The van der Waals surface area contributed by atoms with Crippen LogP contribution in [0.15, 0.2) is 63.1 Å². The predicted molar refractivity (Wildman–Crippen MR) is 131 cm³/mol. The summed E-state index contributed by atoms with van der Waals surface area (Å²) in [6.45, 7) is -0.482. The van der Waals surface area contributed by atoms with Crippen molar-refractivity contribution < 1.29 is 27.8 Å². The van der Waals surface area contributed by atoms with Gasteiger partial charge in [0.05, 0.1) is 18.7 Å². The van der Waals surface area contributed by atoms with E-state index in [1.165, 1.54) is 23.7 Å². The summed E-state index contributed by atoms with van der Waals surface area (Å²) in [5, 5.41) is 10.1. The van der Waals surface area contributed by atoms with E-state index in [0.717, 1.165) is 22.3 Å². The van der Waals surface area contributed by atoms with Crippen molar-refractivity contribution in [3.63, 3.8) is 0 Å². The molecule has 0 bridgehead atoms. The van der Waals surface area contributed by atoms with Crippen LogP contribution in [0.4, 0.5) is 19.0 Å². The molecule has 196 valence electrons. The largest absolute Gasteiger partial charge is 0.573 e. The summed E-state index contributed by atoms with van der Waals surface area (Å²) in [6.07, 6.45) is -3.79. The van der Waals surface area contributed by atoms with Crippen molar-refractivity contribution in [1.82, 2.24) is 9.13 Å². The van der Waals surface area contributed by atoms with Gasteiger partial charge in [0.25, 0.3) is 5.56 Å². The average Bonchev–Trinajstić information content (AvgIpc) is 3.01. The molecule has 1 aliphatic heterocycles. The number of fused-ring (bicyclic) bond motifs is 1. The zero-order valence-electron chi connectivity index (χ0n) is 19.7. The molecule has 0 aliphatic carbocycles. The molecule has 1 N–H and O–H groups in total. The third-order valence-corrected chi connectivity index (χ3v) is 6.15. The highest BCUT2D eigenvalue weighted by molar-refractivity contribution is 6.30. The lowest BCUT2D eigenvalue weighted by atomic mass is 9.93. The van der Waals surface area contributed by atoms with Crippen molar-refractivity contribution in [3.8, 4) is 11.5 Å². The third kappa shape index (κ3) is 6.23. The van der Waals surface area contributed by atoms with E-state index in [2.05, 4.69) is 9.73 Å². The van der Waals surface area contributed by atoms with Crippen LogP contribution in [0.25, 0.3) is 0 Å². The van der Waals surface area contributed by atoms with E-state index in [9.17, 15) is 27.9 Å². The minimum atomic E-state index is -4.88. The van der Waals surface area contributed by atoms with Gasteiger partial charge in [-0.3, -0.25) is 13.9 Å². The maximum Gasteiger partial charge on any atom is 0.573 e. The first-order chi connectivity index (χ1) is 17.6. The van der Waals surface area contributed by atoms with Gasteiger partial charge in [-0.15, -0.1) is 13.2 Å². The second-order valence-corrected chi connectivity index (χ2v) is 8.90. The number of hydrogen-bond donors (Lipinski definition) is 1.